The molecule has 0 fully saturated rings. The summed E-state index contributed by atoms with van der Waals surface area (Å²) in [5, 5.41) is 3.67. The predicted octanol–water partition coefficient (Wildman–Crippen LogP) is 4.76. The second-order valence-electron chi connectivity index (χ2n) is 4.84. The second kappa shape index (κ2) is 7.41. The summed E-state index contributed by atoms with van der Waals surface area (Å²) in [6, 6.07) is 15.2. The Bertz CT molecular complexity index is 542. The Morgan fingerprint density at radius 1 is 1.10 bits per heavy atom. The zero-order valence-electron chi connectivity index (χ0n) is 11.6. The average molecular weight is 292 g/mol. The zero-order valence-corrected chi connectivity index (χ0v) is 12.3. The molecule has 106 valence electrons. The summed E-state index contributed by atoms with van der Waals surface area (Å²) in [7, 11) is 0. The van der Waals surface area contributed by atoms with Gasteiger partial charge in [0.05, 0.1) is 5.02 Å². The summed E-state index contributed by atoms with van der Waals surface area (Å²) in [4.78, 5) is 0. The van der Waals surface area contributed by atoms with Gasteiger partial charge >= 0.3 is 0 Å². The molecule has 1 unspecified atom stereocenters. The minimum Gasteiger partial charge on any atom is -0.310 e. The summed E-state index contributed by atoms with van der Waals surface area (Å²) in [5.41, 5.74) is 2.03. The molecule has 0 saturated heterocycles. The molecule has 1 nitrogen and oxygen atoms in total. The van der Waals surface area contributed by atoms with Crippen molar-refractivity contribution in [1.82, 2.24) is 5.32 Å². The van der Waals surface area contributed by atoms with E-state index in [0.717, 1.165) is 24.9 Å². The van der Waals surface area contributed by atoms with Crippen LogP contribution in [0.2, 0.25) is 5.02 Å². The molecule has 0 aliphatic heterocycles. The molecule has 1 N–H and O–H groups in total. The molecule has 2 rings (SSSR count). The van der Waals surface area contributed by atoms with E-state index in [1.165, 1.54) is 11.6 Å². The lowest BCUT2D eigenvalue weighted by atomic mass is 9.98. The molecule has 0 amide bonds. The molecular formula is C17H19ClFN. The maximum atomic E-state index is 13.6. The van der Waals surface area contributed by atoms with Crippen LogP contribution in [0.25, 0.3) is 0 Å². The van der Waals surface area contributed by atoms with E-state index in [0.29, 0.717) is 0 Å². The SMILES string of the molecule is CCCNC(Cc1ccccc1)c1cccc(F)c1Cl. The molecule has 0 aliphatic carbocycles. The van der Waals surface area contributed by atoms with Crippen LogP contribution in [0.1, 0.15) is 30.5 Å². The first kappa shape index (κ1) is 15.0. The molecule has 20 heavy (non-hydrogen) atoms. The highest BCUT2D eigenvalue weighted by atomic mass is 35.5. The molecule has 0 aliphatic rings. The quantitative estimate of drug-likeness (QED) is 0.809. The van der Waals surface area contributed by atoms with Crippen LogP contribution in [0.3, 0.4) is 0 Å². The van der Waals surface area contributed by atoms with E-state index in [1.54, 1.807) is 6.07 Å². The first-order valence-electron chi connectivity index (χ1n) is 6.93. The molecule has 1 atom stereocenters. The van der Waals surface area contributed by atoms with Gasteiger partial charge in [0.2, 0.25) is 0 Å². The topological polar surface area (TPSA) is 12.0 Å². The average Bonchev–Trinajstić information content (AvgIpc) is 2.48. The van der Waals surface area contributed by atoms with Crippen LogP contribution in [-0.2, 0) is 6.42 Å². The molecule has 0 radical (unpaired) electrons. The first-order chi connectivity index (χ1) is 9.72. The molecule has 0 aromatic heterocycles. The molecule has 0 spiro atoms. The van der Waals surface area contributed by atoms with Crippen LogP contribution in [0, 0.1) is 5.82 Å². The van der Waals surface area contributed by atoms with Crippen molar-refractivity contribution >= 4 is 11.6 Å². The molecule has 0 heterocycles. The van der Waals surface area contributed by atoms with Crippen LogP contribution in [0.5, 0.6) is 0 Å². The molecule has 2 aromatic carbocycles. The Balaban J connectivity index is 2.25. The minimum absolute atomic E-state index is 0.0283. The zero-order chi connectivity index (χ0) is 14.4. The van der Waals surface area contributed by atoms with E-state index < -0.39 is 0 Å². The third-order valence-electron chi connectivity index (χ3n) is 3.28. The lowest BCUT2D eigenvalue weighted by Crippen LogP contribution is -2.24. The largest absolute Gasteiger partial charge is 0.310 e. The van der Waals surface area contributed by atoms with Crippen LogP contribution < -0.4 is 5.32 Å². The molecule has 0 bridgehead atoms. The maximum absolute atomic E-state index is 13.6. The lowest BCUT2D eigenvalue weighted by molar-refractivity contribution is 0.524. The molecular weight excluding hydrogens is 273 g/mol. The lowest BCUT2D eigenvalue weighted by Gasteiger charge is -2.20. The summed E-state index contributed by atoms with van der Waals surface area (Å²) < 4.78 is 13.6. The van der Waals surface area contributed by atoms with Crippen LogP contribution in [0.15, 0.2) is 48.5 Å². The minimum atomic E-state index is -0.361. The summed E-state index contributed by atoms with van der Waals surface area (Å²) in [6.45, 7) is 2.99. The molecule has 3 heteroatoms. The van der Waals surface area contributed by atoms with Crippen molar-refractivity contribution in [1.29, 1.82) is 0 Å². The fourth-order valence-electron chi connectivity index (χ4n) is 2.25. The van der Waals surface area contributed by atoms with Gasteiger partial charge in [-0.1, -0.05) is 61.0 Å². The number of rotatable bonds is 6. The van der Waals surface area contributed by atoms with Crippen molar-refractivity contribution < 1.29 is 4.39 Å². The monoisotopic (exact) mass is 291 g/mol. The van der Waals surface area contributed by atoms with Crippen molar-refractivity contribution in [2.24, 2.45) is 0 Å². The predicted molar refractivity (Wildman–Crippen MR) is 82.6 cm³/mol. The van der Waals surface area contributed by atoms with Crippen molar-refractivity contribution in [3.8, 4) is 0 Å². The number of nitrogens with one attached hydrogen (secondary N) is 1. The third kappa shape index (κ3) is 3.81. The van der Waals surface area contributed by atoms with E-state index >= 15 is 0 Å². The van der Waals surface area contributed by atoms with Crippen LogP contribution in [0.4, 0.5) is 4.39 Å². The van der Waals surface area contributed by atoms with E-state index in [1.807, 2.05) is 24.3 Å². The van der Waals surface area contributed by atoms with Gasteiger partial charge in [0.15, 0.2) is 0 Å². The van der Waals surface area contributed by atoms with Gasteiger partial charge in [0.25, 0.3) is 0 Å². The summed E-state index contributed by atoms with van der Waals surface area (Å²) in [5.74, 6) is -0.361. The Kier molecular flexibility index (Phi) is 5.57. The highest BCUT2D eigenvalue weighted by Gasteiger charge is 2.16. The van der Waals surface area contributed by atoms with Gasteiger partial charge in [-0.25, -0.2) is 4.39 Å². The third-order valence-corrected chi connectivity index (χ3v) is 3.68. The molecule has 0 saturated carbocycles. The summed E-state index contributed by atoms with van der Waals surface area (Å²) in [6.07, 6.45) is 1.82. The number of halogens is 2. The Labute approximate surface area is 124 Å². The van der Waals surface area contributed by atoms with E-state index in [2.05, 4.69) is 24.4 Å². The molecule has 2 aromatic rings. The number of hydrogen-bond acceptors (Lipinski definition) is 1. The van der Waals surface area contributed by atoms with Crippen LogP contribution in [-0.4, -0.2) is 6.54 Å². The van der Waals surface area contributed by atoms with Gasteiger partial charge < -0.3 is 5.32 Å². The summed E-state index contributed by atoms with van der Waals surface area (Å²) >= 11 is 6.12. The van der Waals surface area contributed by atoms with Gasteiger partial charge in [0, 0.05) is 6.04 Å². The maximum Gasteiger partial charge on any atom is 0.142 e. The Morgan fingerprint density at radius 2 is 1.85 bits per heavy atom. The number of benzene rings is 2. The van der Waals surface area contributed by atoms with E-state index in [4.69, 9.17) is 11.6 Å². The number of hydrogen-bond donors (Lipinski definition) is 1. The fourth-order valence-corrected chi connectivity index (χ4v) is 2.51. The van der Waals surface area contributed by atoms with Crippen molar-refractivity contribution in [3.05, 3.63) is 70.5 Å². The van der Waals surface area contributed by atoms with Gasteiger partial charge in [0.1, 0.15) is 5.82 Å². The van der Waals surface area contributed by atoms with Gasteiger partial charge in [-0.2, -0.15) is 0 Å². The Morgan fingerprint density at radius 3 is 2.55 bits per heavy atom. The first-order valence-corrected chi connectivity index (χ1v) is 7.31. The van der Waals surface area contributed by atoms with E-state index in [-0.39, 0.29) is 16.9 Å². The van der Waals surface area contributed by atoms with Gasteiger partial charge in [-0.05, 0) is 36.6 Å². The fraction of sp³-hybridized carbons (Fsp3) is 0.294. The van der Waals surface area contributed by atoms with Crippen molar-refractivity contribution in [2.75, 3.05) is 6.54 Å². The smallest absolute Gasteiger partial charge is 0.142 e. The second-order valence-corrected chi connectivity index (χ2v) is 5.22. The van der Waals surface area contributed by atoms with Crippen LogP contribution >= 0.6 is 11.6 Å². The van der Waals surface area contributed by atoms with E-state index in [9.17, 15) is 4.39 Å². The highest BCUT2D eigenvalue weighted by molar-refractivity contribution is 6.31. The van der Waals surface area contributed by atoms with Crippen molar-refractivity contribution in [3.63, 3.8) is 0 Å². The van der Waals surface area contributed by atoms with Crippen molar-refractivity contribution in [2.45, 2.75) is 25.8 Å². The normalized spacial score (nSPS) is 12.3. The Hall–Kier alpha value is -1.38. The standard InChI is InChI=1S/C17H19ClFN/c1-2-11-20-16(12-13-7-4-3-5-8-13)14-9-6-10-15(19)17(14)18/h3-10,16,20H,2,11-12H2,1H3. The van der Waals surface area contributed by atoms with Gasteiger partial charge in [-0.15, -0.1) is 0 Å². The highest BCUT2D eigenvalue weighted by Crippen LogP contribution is 2.28. The van der Waals surface area contributed by atoms with Gasteiger partial charge in [-0.3, -0.25) is 0 Å².